The number of fused-ring (bicyclic) bond motifs is 1. The maximum absolute atomic E-state index is 12.9. The summed E-state index contributed by atoms with van der Waals surface area (Å²) in [6.07, 6.45) is 2.53. The second-order valence-electron chi connectivity index (χ2n) is 7.79. The first-order valence-corrected chi connectivity index (χ1v) is 10.8. The summed E-state index contributed by atoms with van der Waals surface area (Å²) in [7, 11) is 0. The second kappa shape index (κ2) is 9.60. The highest BCUT2D eigenvalue weighted by atomic mass is 16.5. The molecule has 2 N–H and O–H groups in total. The Morgan fingerprint density at radius 3 is 2.69 bits per heavy atom. The number of amides is 2. The predicted octanol–water partition coefficient (Wildman–Crippen LogP) is 4.00. The average molecular weight is 434 g/mol. The molecule has 0 radical (unpaired) electrons. The number of rotatable bonds is 8. The lowest BCUT2D eigenvalue weighted by Crippen LogP contribution is -2.29. The Bertz CT molecular complexity index is 1090. The molecule has 1 atom stereocenters. The number of hydrogen-bond acceptors (Lipinski definition) is 5. The van der Waals surface area contributed by atoms with E-state index in [2.05, 4.69) is 40.7 Å². The minimum atomic E-state index is -0.232. The van der Waals surface area contributed by atoms with Crippen molar-refractivity contribution >= 4 is 23.2 Å². The van der Waals surface area contributed by atoms with Crippen molar-refractivity contribution in [2.24, 2.45) is 0 Å². The van der Waals surface area contributed by atoms with Gasteiger partial charge in [0.25, 0.3) is 11.8 Å². The normalized spacial score (nSPS) is 14.7. The zero-order valence-corrected chi connectivity index (χ0v) is 18.3. The van der Waals surface area contributed by atoms with E-state index in [-0.39, 0.29) is 18.4 Å². The van der Waals surface area contributed by atoms with Crippen LogP contribution in [0, 0.1) is 0 Å². The van der Waals surface area contributed by atoms with Crippen LogP contribution >= 0.6 is 0 Å². The third-order valence-electron chi connectivity index (χ3n) is 5.51. The van der Waals surface area contributed by atoms with Crippen LogP contribution in [0.15, 0.2) is 65.3 Å². The number of benzene rings is 2. The largest absolute Gasteiger partial charge is 0.484 e. The number of nitrogens with one attached hydrogen (secondary N) is 2. The van der Waals surface area contributed by atoms with Gasteiger partial charge in [0.05, 0.1) is 18.4 Å². The number of nitrogens with zero attached hydrogens (tertiary/aromatic N) is 1. The third kappa shape index (κ3) is 4.77. The van der Waals surface area contributed by atoms with E-state index in [1.165, 1.54) is 11.3 Å². The summed E-state index contributed by atoms with van der Waals surface area (Å²) in [5.74, 6) is 0.782. The number of anilines is 2. The highest BCUT2D eigenvalue weighted by Gasteiger charge is 2.28. The summed E-state index contributed by atoms with van der Waals surface area (Å²) in [4.78, 5) is 26.7. The quantitative estimate of drug-likeness (QED) is 0.561. The molecule has 7 heteroatoms. The van der Waals surface area contributed by atoms with E-state index < -0.39 is 0 Å². The highest BCUT2D eigenvalue weighted by Crippen LogP contribution is 2.33. The van der Waals surface area contributed by atoms with E-state index in [0.29, 0.717) is 41.9 Å². The van der Waals surface area contributed by atoms with Gasteiger partial charge in [0.2, 0.25) is 0 Å². The minimum Gasteiger partial charge on any atom is -0.484 e. The van der Waals surface area contributed by atoms with Gasteiger partial charge in [-0.3, -0.25) is 9.59 Å². The summed E-state index contributed by atoms with van der Waals surface area (Å²) in [6, 6.07) is 17.3. The molecule has 166 valence electrons. The van der Waals surface area contributed by atoms with Crippen LogP contribution in [0.4, 0.5) is 11.4 Å². The van der Waals surface area contributed by atoms with Gasteiger partial charge < -0.3 is 24.7 Å². The van der Waals surface area contributed by atoms with Crippen molar-refractivity contribution in [2.45, 2.75) is 32.9 Å². The van der Waals surface area contributed by atoms with Crippen molar-refractivity contribution in [3.8, 4) is 5.75 Å². The van der Waals surface area contributed by atoms with Gasteiger partial charge in [-0.2, -0.15) is 0 Å². The molecule has 1 aromatic heterocycles. The molecule has 0 bridgehead atoms. The Labute approximate surface area is 187 Å². The van der Waals surface area contributed by atoms with Crippen LogP contribution in [-0.4, -0.2) is 31.0 Å². The average Bonchev–Trinajstić information content (AvgIpc) is 3.38. The highest BCUT2D eigenvalue weighted by molar-refractivity contribution is 6.05. The standard InChI is InChI=1S/C25H27N3O4/c1-3-26-24(29)16-32-20-10-8-19(9-11-20)27-25(30)21-12-13-31-23(21)15-28-17(2)14-18-6-4-5-7-22(18)28/h4-13,17H,3,14-16H2,1-2H3,(H,26,29)(H,27,30). The first-order chi connectivity index (χ1) is 15.5. The van der Waals surface area contributed by atoms with E-state index in [1.54, 1.807) is 36.6 Å². The summed E-state index contributed by atoms with van der Waals surface area (Å²) >= 11 is 0. The molecule has 2 heterocycles. The van der Waals surface area contributed by atoms with Gasteiger partial charge in [-0.1, -0.05) is 18.2 Å². The van der Waals surface area contributed by atoms with Gasteiger partial charge in [-0.25, -0.2) is 0 Å². The molecular formula is C25H27N3O4. The topological polar surface area (TPSA) is 83.8 Å². The number of likely N-dealkylation sites (N-methyl/N-ethyl adjacent to an activating group) is 1. The van der Waals surface area contributed by atoms with Crippen molar-refractivity contribution in [2.75, 3.05) is 23.4 Å². The van der Waals surface area contributed by atoms with Crippen LogP contribution in [0.5, 0.6) is 5.75 Å². The fourth-order valence-electron chi connectivity index (χ4n) is 3.92. The monoisotopic (exact) mass is 433 g/mol. The van der Waals surface area contributed by atoms with E-state index in [4.69, 9.17) is 9.15 Å². The Morgan fingerprint density at radius 2 is 1.91 bits per heavy atom. The maximum Gasteiger partial charge on any atom is 0.259 e. The van der Waals surface area contributed by atoms with E-state index in [1.807, 2.05) is 13.0 Å². The molecule has 1 aliphatic heterocycles. The fraction of sp³-hybridized carbons (Fsp3) is 0.280. The summed E-state index contributed by atoms with van der Waals surface area (Å²) < 4.78 is 11.1. The molecule has 0 fully saturated rings. The fourth-order valence-corrected chi connectivity index (χ4v) is 3.92. The van der Waals surface area contributed by atoms with Gasteiger partial charge in [0.15, 0.2) is 6.61 Å². The minimum absolute atomic E-state index is 0.0457. The molecule has 7 nitrogen and oxygen atoms in total. The molecule has 1 unspecified atom stereocenters. The second-order valence-corrected chi connectivity index (χ2v) is 7.79. The number of ether oxygens (including phenoxy) is 1. The van der Waals surface area contributed by atoms with Gasteiger partial charge in [0, 0.05) is 24.0 Å². The predicted molar refractivity (Wildman–Crippen MR) is 123 cm³/mol. The molecule has 4 rings (SSSR count). The molecule has 3 aromatic rings. The van der Waals surface area contributed by atoms with Crippen LogP contribution < -0.4 is 20.3 Å². The molecule has 2 aromatic carbocycles. The zero-order chi connectivity index (χ0) is 22.5. The zero-order valence-electron chi connectivity index (χ0n) is 18.3. The van der Waals surface area contributed by atoms with Crippen molar-refractivity contribution in [1.29, 1.82) is 0 Å². The number of para-hydroxylation sites is 1. The molecule has 1 aliphatic rings. The summed E-state index contributed by atoms with van der Waals surface area (Å²) in [6.45, 7) is 5.08. The number of carbonyl (C=O) groups is 2. The van der Waals surface area contributed by atoms with Crippen LogP contribution in [0.1, 0.15) is 35.5 Å². The molecule has 0 saturated carbocycles. The molecule has 0 aliphatic carbocycles. The van der Waals surface area contributed by atoms with Gasteiger partial charge >= 0.3 is 0 Å². The van der Waals surface area contributed by atoms with Crippen LogP contribution in [0.3, 0.4) is 0 Å². The Kier molecular flexibility index (Phi) is 6.44. The molecule has 2 amide bonds. The number of hydrogen-bond donors (Lipinski definition) is 2. The maximum atomic E-state index is 12.9. The molecule has 32 heavy (non-hydrogen) atoms. The molecule has 0 spiro atoms. The first-order valence-electron chi connectivity index (χ1n) is 10.8. The lowest BCUT2D eigenvalue weighted by atomic mass is 10.1. The first kappa shape index (κ1) is 21.5. The Morgan fingerprint density at radius 1 is 1.12 bits per heavy atom. The number of furan rings is 1. The van der Waals surface area contributed by atoms with Gasteiger partial charge in [-0.15, -0.1) is 0 Å². The Hall–Kier alpha value is -3.74. The SMILES string of the molecule is CCNC(=O)COc1ccc(NC(=O)c2ccoc2CN2c3ccccc3CC2C)cc1. The number of carbonyl (C=O) groups excluding carboxylic acids is 2. The summed E-state index contributed by atoms with van der Waals surface area (Å²) in [5.41, 5.74) is 3.64. The molecule has 0 saturated heterocycles. The summed E-state index contributed by atoms with van der Waals surface area (Å²) in [5, 5.41) is 5.57. The van der Waals surface area contributed by atoms with Crippen molar-refractivity contribution in [3.63, 3.8) is 0 Å². The van der Waals surface area contributed by atoms with Gasteiger partial charge in [-0.05, 0) is 62.2 Å². The van der Waals surface area contributed by atoms with Crippen LogP contribution in [0.25, 0.3) is 0 Å². The Balaban J connectivity index is 1.39. The van der Waals surface area contributed by atoms with Crippen molar-refractivity contribution < 1.29 is 18.7 Å². The molecular weight excluding hydrogens is 406 g/mol. The van der Waals surface area contributed by atoms with E-state index >= 15 is 0 Å². The van der Waals surface area contributed by atoms with Crippen LogP contribution in [0.2, 0.25) is 0 Å². The van der Waals surface area contributed by atoms with Crippen LogP contribution in [-0.2, 0) is 17.8 Å². The smallest absolute Gasteiger partial charge is 0.259 e. The van der Waals surface area contributed by atoms with Gasteiger partial charge in [0.1, 0.15) is 11.5 Å². The van der Waals surface area contributed by atoms with E-state index in [9.17, 15) is 9.59 Å². The van der Waals surface area contributed by atoms with Crippen molar-refractivity contribution in [1.82, 2.24) is 5.32 Å². The lowest BCUT2D eigenvalue weighted by molar-refractivity contribution is -0.122. The lowest BCUT2D eigenvalue weighted by Gasteiger charge is -2.24. The van der Waals surface area contributed by atoms with Crippen molar-refractivity contribution in [3.05, 3.63) is 77.7 Å². The van der Waals surface area contributed by atoms with E-state index in [0.717, 1.165) is 6.42 Å². The third-order valence-corrected chi connectivity index (χ3v) is 5.51.